The van der Waals surface area contributed by atoms with Crippen LogP contribution in [0, 0.1) is 0 Å². The average molecular weight is 432 g/mol. The molecule has 5 amide bonds. The van der Waals surface area contributed by atoms with E-state index in [1.165, 1.54) is 0 Å². The first-order valence-electron chi connectivity index (χ1n) is 9.95. The van der Waals surface area contributed by atoms with Crippen molar-refractivity contribution in [2.24, 2.45) is 0 Å². The fraction of sp³-hybridized carbons (Fsp3) is 0.450. The third-order valence-corrected chi connectivity index (χ3v) is 4.86. The Morgan fingerprint density at radius 2 is 1.71 bits per heavy atom. The van der Waals surface area contributed by atoms with E-state index in [9.17, 15) is 24.0 Å². The third-order valence-electron chi connectivity index (χ3n) is 4.86. The van der Waals surface area contributed by atoms with Crippen LogP contribution in [0.1, 0.15) is 33.6 Å². The lowest BCUT2D eigenvalue weighted by Crippen LogP contribution is -2.54. The number of fused-ring (bicyclic) bond motifs is 1. The number of ether oxygens (including phenoxy) is 2. The van der Waals surface area contributed by atoms with Gasteiger partial charge in [-0.2, -0.15) is 0 Å². The average Bonchev–Trinajstić information content (AvgIpc) is 2.99. The Kier molecular flexibility index (Phi) is 7.68. The highest BCUT2D eigenvalue weighted by atomic mass is 16.5. The highest BCUT2D eigenvalue weighted by Crippen LogP contribution is 2.29. The Balaban J connectivity index is 1.46. The normalized spacial score (nSPS) is 18.1. The van der Waals surface area contributed by atoms with Crippen molar-refractivity contribution in [1.29, 1.82) is 0 Å². The van der Waals surface area contributed by atoms with E-state index in [-0.39, 0.29) is 24.0 Å². The first-order chi connectivity index (χ1) is 15.0. The molecule has 2 aliphatic heterocycles. The van der Waals surface area contributed by atoms with Crippen LogP contribution in [0.4, 0.5) is 5.69 Å². The van der Waals surface area contributed by atoms with Crippen molar-refractivity contribution in [2.45, 2.75) is 18.9 Å². The lowest BCUT2D eigenvalue weighted by Gasteiger charge is -2.27. The van der Waals surface area contributed by atoms with Crippen LogP contribution in [0.5, 0.6) is 0 Å². The lowest BCUT2D eigenvalue weighted by molar-refractivity contribution is -0.136. The second kappa shape index (κ2) is 10.6. The van der Waals surface area contributed by atoms with Crippen LogP contribution in [0.15, 0.2) is 18.2 Å². The molecule has 166 valence electrons. The van der Waals surface area contributed by atoms with Crippen molar-refractivity contribution in [3.63, 3.8) is 0 Å². The van der Waals surface area contributed by atoms with Crippen molar-refractivity contribution in [1.82, 2.24) is 15.5 Å². The number of imide groups is 2. The van der Waals surface area contributed by atoms with Gasteiger partial charge in [-0.25, -0.2) is 0 Å². The summed E-state index contributed by atoms with van der Waals surface area (Å²) in [5.41, 5.74) is 1.10. The van der Waals surface area contributed by atoms with Gasteiger partial charge in [0.1, 0.15) is 6.04 Å². The van der Waals surface area contributed by atoms with Crippen LogP contribution in [0.3, 0.4) is 0 Å². The number of rotatable bonds is 12. The zero-order valence-electron chi connectivity index (χ0n) is 16.8. The lowest BCUT2D eigenvalue weighted by atomic mass is 10.0. The van der Waals surface area contributed by atoms with Crippen LogP contribution in [0.2, 0.25) is 0 Å². The van der Waals surface area contributed by atoms with Crippen molar-refractivity contribution >= 4 is 35.7 Å². The van der Waals surface area contributed by atoms with Crippen molar-refractivity contribution in [3.8, 4) is 0 Å². The molecule has 11 nitrogen and oxygen atoms in total. The molecule has 0 aromatic heterocycles. The number of anilines is 1. The number of hydrogen-bond donors (Lipinski definition) is 3. The molecule has 0 bridgehead atoms. The Morgan fingerprint density at radius 3 is 2.42 bits per heavy atom. The summed E-state index contributed by atoms with van der Waals surface area (Å²) in [6.07, 6.45) is 0.813. The van der Waals surface area contributed by atoms with E-state index in [4.69, 9.17) is 9.47 Å². The minimum Gasteiger partial charge on any atom is -0.383 e. The molecule has 2 heterocycles. The number of hydrogen-bond acceptors (Lipinski definition) is 8. The molecule has 1 unspecified atom stereocenters. The van der Waals surface area contributed by atoms with Gasteiger partial charge in [0, 0.05) is 25.2 Å². The SMILES string of the molecule is O=CNCCOCCOCCNc1ccc2c(c1)C(=O)N(C1CCC(=O)NC1=O)C2=O. The maximum absolute atomic E-state index is 12.8. The maximum Gasteiger partial charge on any atom is 0.262 e. The molecule has 31 heavy (non-hydrogen) atoms. The molecule has 1 saturated heterocycles. The van der Waals surface area contributed by atoms with Crippen LogP contribution >= 0.6 is 0 Å². The predicted octanol–water partition coefficient (Wildman–Crippen LogP) is -0.721. The standard InChI is InChI=1S/C20H24N4O7/c25-12-21-5-7-30-9-10-31-8-6-22-13-1-2-14-15(11-13)20(29)24(19(14)28)16-3-4-17(26)23-18(16)27/h1-2,11-12,16,22H,3-10H2,(H,21,25)(H,23,26,27). The molecule has 1 aromatic rings. The van der Waals surface area contributed by atoms with Crippen LogP contribution < -0.4 is 16.0 Å². The summed E-state index contributed by atoms with van der Waals surface area (Å²) < 4.78 is 10.7. The summed E-state index contributed by atoms with van der Waals surface area (Å²) in [6, 6.07) is 3.82. The molecule has 0 spiro atoms. The van der Waals surface area contributed by atoms with E-state index in [0.29, 0.717) is 51.6 Å². The molecule has 1 aromatic carbocycles. The molecular formula is C20H24N4O7. The second-order valence-electron chi connectivity index (χ2n) is 6.93. The molecule has 11 heteroatoms. The highest BCUT2D eigenvalue weighted by molar-refractivity contribution is 6.23. The Hall–Kier alpha value is -3.31. The Bertz CT molecular complexity index is 873. The van der Waals surface area contributed by atoms with Gasteiger partial charge in [0.2, 0.25) is 18.2 Å². The minimum absolute atomic E-state index is 0.0806. The van der Waals surface area contributed by atoms with E-state index in [0.717, 1.165) is 4.90 Å². The summed E-state index contributed by atoms with van der Waals surface area (Å²) in [7, 11) is 0. The number of nitrogens with one attached hydrogen (secondary N) is 3. The van der Waals surface area contributed by atoms with Gasteiger partial charge < -0.3 is 20.1 Å². The van der Waals surface area contributed by atoms with E-state index < -0.39 is 29.7 Å². The molecule has 1 atom stereocenters. The number of nitrogens with zero attached hydrogens (tertiary/aromatic N) is 1. The number of carbonyl (C=O) groups excluding carboxylic acids is 5. The number of benzene rings is 1. The Morgan fingerprint density at radius 1 is 1.00 bits per heavy atom. The van der Waals surface area contributed by atoms with Gasteiger partial charge in [0.15, 0.2) is 0 Å². The summed E-state index contributed by atoms with van der Waals surface area (Å²) >= 11 is 0. The first-order valence-corrected chi connectivity index (χ1v) is 9.95. The molecule has 1 fully saturated rings. The molecule has 3 N–H and O–H groups in total. The smallest absolute Gasteiger partial charge is 0.262 e. The van der Waals surface area contributed by atoms with Gasteiger partial charge in [-0.15, -0.1) is 0 Å². The maximum atomic E-state index is 12.8. The molecule has 0 aliphatic carbocycles. The summed E-state index contributed by atoms with van der Waals surface area (Å²) in [4.78, 5) is 59.9. The highest BCUT2D eigenvalue weighted by Gasteiger charge is 2.44. The predicted molar refractivity (Wildman–Crippen MR) is 107 cm³/mol. The third kappa shape index (κ3) is 5.44. The van der Waals surface area contributed by atoms with Gasteiger partial charge in [-0.05, 0) is 24.6 Å². The number of piperidine rings is 1. The van der Waals surface area contributed by atoms with Crippen molar-refractivity contribution in [2.75, 3.05) is 44.8 Å². The molecule has 3 rings (SSSR count). The molecule has 2 aliphatic rings. The quantitative estimate of drug-likeness (QED) is 0.223. The van der Waals surface area contributed by atoms with E-state index >= 15 is 0 Å². The Labute approximate surface area is 178 Å². The van der Waals surface area contributed by atoms with E-state index in [2.05, 4.69) is 16.0 Å². The van der Waals surface area contributed by atoms with Crippen LogP contribution in [-0.4, -0.2) is 80.5 Å². The zero-order valence-corrected chi connectivity index (χ0v) is 16.8. The summed E-state index contributed by atoms with van der Waals surface area (Å²) in [5.74, 6) is -2.12. The van der Waals surface area contributed by atoms with Gasteiger partial charge >= 0.3 is 0 Å². The fourth-order valence-corrected chi connectivity index (χ4v) is 3.36. The van der Waals surface area contributed by atoms with Crippen molar-refractivity contribution in [3.05, 3.63) is 29.3 Å². The topological polar surface area (TPSA) is 143 Å². The van der Waals surface area contributed by atoms with Gasteiger partial charge in [0.25, 0.3) is 11.8 Å². The molecule has 0 radical (unpaired) electrons. The summed E-state index contributed by atoms with van der Waals surface area (Å²) in [5, 5.41) is 7.78. The summed E-state index contributed by atoms with van der Waals surface area (Å²) in [6.45, 7) is 2.56. The first kappa shape index (κ1) is 22.4. The number of amides is 5. The van der Waals surface area contributed by atoms with Gasteiger partial charge in [-0.1, -0.05) is 0 Å². The van der Waals surface area contributed by atoms with Gasteiger partial charge in [-0.3, -0.25) is 34.2 Å². The zero-order chi connectivity index (χ0) is 22.2. The van der Waals surface area contributed by atoms with Crippen LogP contribution in [-0.2, 0) is 23.9 Å². The fourth-order valence-electron chi connectivity index (χ4n) is 3.36. The van der Waals surface area contributed by atoms with Crippen LogP contribution in [0.25, 0.3) is 0 Å². The van der Waals surface area contributed by atoms with E-state index in [1.54, 1.807) is 18.2 Å². The largest absolute Gasteiger partial charge is 0.383 e. The molecular weight excluding hydrogens is 408 g/mol. The monoisotopic (exact) mass is 432 g/mol. The van der Waals surface area contributed by atoms with E-state index in [1.807, 2.05) is 0 Å². The van der Waals surface area contributed by atoms with Gasteiger partial charge in [0.05, 0.1) is 37.6 Å². The molecule has 0 saturated carbocycles. The minimum atomic E-state index is -0.980. The number of carbonyl (C=O) groups is 5. The van der Waals surface area contributed by atoms with Crippen molar-refractivity contribution < 1.29 is 33.4 Å². The second-order valence-corrected chi connectivity index (χ2v) is 6.93.